The number of benzene rings is 2. The highest BCUT2D eigenvalue weighted by Gasteiger charge is 2.30. The molecule has 0 aliphatic carbocycles. The van der Waals surface area contributed by atoms with Crippen molar-refractivity contribution in [3.8, 4) is 0 Å². The Labute approximate surface area is 171 Å². The van der Waals surface area contributed by atoms with E-state index in [1.807, 2.05) is 56.0 Å². The maximum absolute atomic E-state index is 12.4. The van der Waals surface area contributed by atoms with Gasteiger partial charge in [0.2, 0.25) is 5.91 Å². The Hall–Kier alpha value is -2.53. The van der Waals surface area contributed by atoms with Gasteiger partial charge in [-0.2, -0.15) is 0 Å². The standard InChI is InChI=1S/C22H26ClN3O2/c1-22(2,3)21(28)26-13-11-25(12-14-26)19-10-9-17(15-18(19)23)24-20(27)16-7-5-4-6-8-16/h4-10,15H,11-14H2,1-3H3,(H,24,27). The summed E-state index contributed by atoms with van der Waals surface area (Å²) in [5, 5.41) is 3.46. The second-order valence-electron chi connectivity index (χ2n) is 8.02. The summed E-state index contributed by atoms with van der Waals surface area (Å²) >= 11 is 6.49. The van der Waals surface area contributed by atoms with Crippen LogP contribution >= 0.6 is 11.6 Å². The molecule has 1 aliphatic rings. The number of piperazine rings is 1. The molecule has 0 aromatic heterocycles. The van der Waals surface area contributed by atoms with E-state index >= 15 is 0 Å². The summed E-state index contributed by atoms with van der Waals surface area (Å²) in [6.45, 7) is 8.66. The Bertz CT molecular complexity index is 854. The lowest BCUT2D eigenvalue weighted by molar-refractivity contribution is -0.139. The van der Waals surface area contributed by atoms with Crippen LogP contribution in [-0.4, -0.2) is 42.9 Å². The number of nitrogens with one attached hydrogen (secondary N) is 1. The SMILES string of the molecule is CC(C)(C)C(=O)N1CCN(c2ccc(NC(=O)c3ccccc3)cc2Cl)CC1. The molecule has 2 aromatic carbocycles. The van der Waals surface area contributed by atoms with Crippen molar-refractivity contribution in [2.75, 3.05) is 36.4 Å². The molecule has 2 amide bonds. The Morgan fingerprint density at radius 3 is 2.18 bits per heavy atom. The van der Waals surface area contributed by atoms with Gasteiger partial charge in [-0.3, -0.25) is 9.59 Å². The van der Waals surface area contributed by atoms with Crippen molar-refractivity contribution in [2.45, 2.75) is 20.8 Å². The largest absolute Gasteiger partial charge is 0.367 e. The van der Waals surface area contributed by atoms with E-state index in [0.29, 0.717) is 29.4 Å². The summed E-state index contributed by atoms with van der Waals surface area (Å²) in [4.78, 5) is 28.8. The number of rotatable bonds is 3. The highest BCUT2D eigenvalue weighted by atomic mass is 35.5. The van der Waals surface area contributed by atoms with Gasteiger partial charge in [0.15, 0.2) is 0 Å². The van der Waals surface area contributed by atoms with Crippen LogP contribution in [-0.2, 0) is 4.79 Å². The van der Waals surface area contributed by atoms with Crippen LogP contribution in [0.15, 0.2) is 48.5 Å². The topological polar surface area (TPSA) is 52.7 Å². The summed E-state index contributed by atoms with van der Waals surface area (Å²) < 4.78 is 0. The minimum Gasteiger partial charge on any atom is -0.367 e. The fourth-order valence-corrected chi connectivity index (χ4v) is 3.56. The van der Waals surface area contributed by atoms with Crippen LogP contribution in [0.25, 0.3) is 0 Å². The van der Waals surface area contributed by atoms with E-state index in [2.05, 4.69) is 10.2 Å². The number of carbonyl (C=O) groups is 2. The van der Waals surface area contributed by atoms with Crippen LogP contribution in [0.5, 0.6) is 0 Å². The van der Waals surface area contributed by atoms with Gasteiger partial charge in [-0.25, -0.2) is 0 Å². The molecular formula is C22H26ClN3O2. The third-order valence-corrected chi connectivity index (χ3v) is 5.09. The highest BCUT2D eigenvalue weighted by Crippen LogP contribution is 2.30. The fraction of sp³-hybridized carbons (Fsp3) is 0.364. The molecule has 0 saturated carbocycles. The zero-order valence-electron chi connectivity index (χ0n) is 16.5. The first-order chi connectivity index (χ1) is 13.3. The number of anilines is 2. The van der Waals surface area contributed by atoms with Crippen LogP contribution in [0.3, 0.4) is 0 Å². The van der Waals surface area contributed by atoms with Gasteiger partial charge in [-0.1, -0.05) is 50.6 Å². The van der Waals surface area contributed by atoms with E-state index in [1.54, 1.807) is 18.2 Å². The van der Waals surface area contributed by atoms with E-state index in [4.69, 9.17) is 11.6 Å². The van der Waals surface area contributed by atoms with Crippen molar-refractivity contribution in [3.05, 3.63) is 59.1 Å². The molecular weight excluding hydrogens is 374 g/mol. The minimum atomic E-state index is -0.363. The summed E-state index contributed by atoms with van der Waals surface area (Å²) in [6.07, 6.45) is 0. The van der Waals surface area contributed by atoms with Gasteiger partial charge in [0.25, 0.3) is 5.91 Å². The normalized spacial score (nSPS) is 14.7. The third kappa shape index (κ3) is 4.65. The van der Waals surface area contributed by atoms with Gasteiger partial charge in [0.05, 0.1) is 10.7 Å². The van der Waals surface area contributed by atoms with Gasteiger partial charge < -0.3 is 15.1 Å². The van der Waals surface area contributed by atoms with Crippen molar-refractivity contribution in [2.24, 2.45) is 5.41 Å². The third-order valence-electron chi connectivity index (χ3n) is 4.79. The van der Waals surface area contributed by atoms with Gasteiger partial charge >= 0.3 is 0 Å². The van der Waals surface area contributed by atoms with E-state index in [9.17, 15) is 9.59 Å². The number of amides is 2. The second kappa shape index (κ2) is 8.23. The first-order valence-electron chi connectivity index (χ1n) is 9.46. The van der Waals surface area contributed by atoms with Crippen molar-refractivity contribution < 1.29 is 9.59 Å². The lowest BCUT2D eigenvalue weighted by Crippen LogP contribution is -2.51. The molecule has 1 N–H and O–H groups in total. The van der Waals surface area contributed by atoms with Gasteiger partial charge in [-0.15, -0.1) is 0 Å². The Kier molecular flexibility index (Phi) is 5.94. The smallest absolute Gasteiger partial charge is 0.255 e. The Balaban J connectivity index is 1.64. The molecule has 3 rings (SSSR count). The average Bonchev–Trinajstić information content (AvgIpc) is 2.68. The molecule has 5 nitrogen and oxygen atoms in total. The molecule has 2 aromatic rings. The van der Waals surface area contributed by atoms with Crippen LogP contribution in [0.1, 0.15) is 31.1 Å². The first-order valence-corrected chi connectivity index (χ1v) is 9.84. The van der Waals surface area contributed by atoms with E-state index in [0.717, 1.165) is 18.8 Å². The molecule has 28 heavy (non-hydrogen) atoms. The number of hydrogen-bond donors (Lipinski definition) is 1. The zero-order chi connectivity index (χ0) is 20.3. The van der Waals surface area contributed by atoms with Crippen molar-refractivity contribution in [1.82, 2.24) is 4.90 Å². The molecule has 0 radical (unpaired) electrons. The quantitative estimate of drug-likeness (QED) is 0.837. The fourth-order valence-electron chi connectivity index (χ4n) is 3.26. The summed E-state index contributed by atoms with van der Waals surface area (Å²) in [7, 11) is 0. The van der Waals surface area contributed by atoms with Crippen molar-refractivity contribution in [1.29, 1.82) is 0 Å². The van der Waals surface area contributed by atoms with Crippen LogP contribution in [0.4, 0.5) is 11.4 Å². The molecule has 0 atom stereocenters. The maximum atomic E-state index is 12.4. The van der Waals surface area contributed by atoms with Gasteiger partial charge in [0.1, 0.15) is 0 Å². The van der Waals surface area contributed by atoms with E-state index < -0.39 is 0 Å². The molecule has 0 bridgehead atoms. The van der Waals surface area contributed by atoms with Crippen LogP contribution in [0.2, 0.25) is 5.02 Å². The molecule has 1 aliphatic heterocycles. The van der Waals surface area contributed by atoms with Gasteiger partial charge in [0, 0.05) is 42.8 Å². The molecule has 0 unspecified atom stereocenters. The van der Waals surface area contributed by atoms with E-state index in [1.165, 1.54) is 0 Å². The van der Waals surface area contributed by atoms with Crippen LogP contribution < -0.4 is 10.2 Å². The average molecular weight is 400 g/mol. The predicted molar refractivity (Wildman–Crippen MR) is 114 cm³/mol. The predicted octanol–water partition coefficient (Wildman–Crippen LogP) is 4.29. The number of halogens is 1. The minimum absolute atomic E-state index is 0.168. The van der Waals surface area contributed by atoms with Crippen molar-refractivity contribution in [3.63, 3.8) is 0 Å². The molecule has 1 fully saturated rings. The molecule has 1 heterocycles. The number of nitrogens with zero attached hydrogens (tertiary/aromatic N) is 2. The highest BCUT2D eigenvalue weighted by molar-refractivity contribution is 6.33. The number of hydrogen-bond acceptors (Lipinski definition) is 3. The van der Waals surface area contributed by atoms with E-state index in [-0.39, 0.29) is 17.2 Å². The molecule has 148 valence electrons. The summed E-state index contributed by atoms with van der Waals surface area (Å²) in [6, 6.07) is 14.6. The Morgan fingerprint density at radius 2 is 1.61 bits per heavy atom. The lowest BCUT2D eigenvalue weighted by Gasteiger charge is -2.39. The zero-order valence-corrected chi connectivity index (χ0v) is 17.3. The lowest BCUT2D eigenvalue weighted by atomic mass is 9.94. The monoisotopic (exact) mass is 399 g/mol. The molecule has 6 heteroatoms. The summed E-state index contributed by atoms with van der Waals surface area (Å²) in [5.74, 6) is 0.0101. The summed E-state index contributed by atoms with van der Waals surface area (Å²) in [5.41, 5.74) is 1.81. The second-order valence-corrected chi connectivity index (χ2v) is 8.42. The van der Waals surface area contributed by atoms with Gasteiger partial charge in [-0.05, 0) is 30.3 Å². The first kappa shape index (κ1) is 20.2. The van der Waals surface area contributed by atoms with Crippen molar-refractivity contribution >= 4 is 34.8 Å². The molecule has 0 spiro atoms. The molecule has 1 saturated heterocycles. The maximum Gasteiger partial charge on any atom is 0.255 e. The Morgan fingerprint density at radius 1 is 0.964 bits per heavy atom. The van der Waals surface area contributed by atoms with Crippen LogP contribution in [0, 0.1) is 5.41 Å². The number of carbonyl (C=O) groups excluding carboxylic acids is 2.